The van der Waals surface area contributed by atoms with Crippen molar-refractivity contribution in [2.24, 2.45) is 10.6 Å². The van der Waals surface area contributed by atoms with Crippen LogP contribution in [0, 0.1) is 10.3 Å². The Morgan fingerprint density at radius 2 is 2.35 bits per heavy atom. The number of aliphatic hydroxyl groups is 1. The standard InChI is InChI=1S/C10H14IN3O3/c1-10(2,9(16)14-17)3-7(15)8(11)6-4-12-5-13-6/h4-5,7-8,15H,3H2,1-2H3,(H,12,13). The second-order valence-corrected chi connectivity index (χ2v) is 5.80. The first-order chi connectivity index (χ1) is 7.88. The van der Waals surface area contributed by atoms with Crippen LogP contribution in [0.5, 0.6) is 0 Å². The highest BCUT2D eigenvalue weighted by Gasteiger charge is 2.34. The normalized spacial score (nSPS) is 15.3. The lowest BCUT2D eigenvalue weighted by Crippen LogP contribution is -2.29. The van der Waals surface area contributed by atoms with Gasteiger partial charge in [0.05, 0.1) is 27.5 Å². The maximum absolute atomic E-state index is 11.3. The van der Waals surface area contributed by atoms with E-state index in [2.05, 4.69) is 37.7 Å². The molecule has 1 rings (SSSR count). The van der Waals surface area contributed by atoms with E-state index < -0.39 is 17.4 Å². The lowest BCUT2D eigenvalue weighted by Gasteiger charge is -2.25. The van der Waals surface area contributed by atoms with Gasteiger partial charge < -0.3 is 10.1 Å². The van der Waals surface area contributed by atoms with Crippen molar-refractivity contribution in [1.29, 1.82) is 0 Å². The Bertz CT molecular complexity index is 392. The van der Waals surface area contributed by atoms with Crippen LogP contribution in [0.25, 0.3) is 0 Å². The Morgan fingerprint density at radius 3 is 2.82 bits per heavy atom. The Balaban J connectivity index is 2.69. The van der Waals surface area contributed by atoms with Gasteiger partial charge in [0.1, 0.15) is 0 Å². The van der Waals surface area contributed by atoms with E-state index in [1.807, 2.05) is 0 Å². The van der Waals surface area contributed by atoms with E-state index in [-0.39, 0.29) is 10.3 Å². The van der Waals surface area contributed by atoms with Gasteiger partial charge in [-0.05, 0) is 6.42 Å². The Morgan fingerprint density at radius 1 is 1.71 bits per heavy atom. The smallest absolute Gasteiger partial charge is 0.291 e. The zero-order chi connectivity index (χ0) is 13.1. The molecule has 0 radical (unpaired) electrons. The molecule has 94 valence electrons. The Kier molecular flexibility index (Phi) is 4.75. The molecule has 0 fully saturated rings. The van der Waals surface area contributed by atoms with Crippen LogP contribution in [0.1, 0.15) is 29.9 Å². The summed E-state index contributed by atoms with van der Waals surface area (Å²) in [7, 11) is 0. The van der Waals surface area contributed by atoms with Crippen LogP contribution in [0.15, 0.2) is 17.7 Å². The van der Waals surface area contributed by atoms with Gasteiger partial charge in [-0.2, -0.15) is 0 Å². The van der Waals surface area contributed by atoms with E-state index in [1.165, 1.54) is 6.33 Å². The van der Waals surface area contributed by atoms with E-state index >= 15 is 0 Å². The third-order valence-corrected chi connectivity index (χ3v) is 4.04. The predicted molar refractivity (Wildman–Crippen MR) is 70.6 cm³/mol. The van der Waals surface area contributed by atoms with Gasteiger partial charge >= 0.3 is 0 Å². The molecule has 2 unspecified atom stereocenters. The molecule has 1 amide bonds. The number of hydrogen-bond acceptors (Lipinski definition) is 4. The average Bonchev–Trinajstić information content (AvgIpc) is 2.79. The summed E-state index contributed by atoms with van der Waals surface area (Å²) in [5, 5.41) is 12.4. The third-order valence-electron chi connectivity index (χ3n) is 2.54. The first-order valence-corrected chi connectivity index (χ1v) is 6.31. The van der Waals surface area contributed by atoms with Gasteiger partial charge in [-0.15, -0.1) is 4.91 Å². The summed E-state index contributed by atoms with van der Waals surface area (Å²) in [6.45, 7) is 3.19. The maximum atomic E-state index is 11.3. The monoisotopic (exact) mass is 351 g/mol. The quantitative estimate of drug-likeness (QED) is 0.482. The number of amides is 1. The molecule has 0 aromatic carbocycles. The highest BCUT2D eigenvalue weighted by Crippen LogP contribution is 2.33. The van der Waals surface area contributed by atoms with Crippen LogP contribution < -0.4 is 0 Å². The SMILES string of the molecule is CC(C)(CC(O)C(I)c1cnc[nH]1)C(=O)N=O. The largest absolute Gasteiger partial charge is 0.392 e. The van der Waals surface area contributed by atoms with Gasteiger partial charge in [0.25, 0.3) is 5.91 Å². The zero-order valence-electron chi connectivity index (χ0n) is 9.55. The molecule has 0 bridgehead atoms. The summed E-state index contributed by atoms with van der Waals surface area (Å²) in [5.41, 5.74) is -0.176. The number of aliphatic hydroxyl groups excluding tert-OH is 1. The van der Waals surface area contributed by atoms with Crippen LogP contribution in [0.3, 0.4) is 0 Å². The summed E-state index contributed by atoms with van der Waals surface area (Å²) < 4.78 is -0.214. The number of carbonyl (C=O) groups excluding carboxylic acids is 1. The fraction of sp³-hybridized carbons (Fsp3) is 0.600. The minimum atomic E-state index is -0.954. The second kappa shape index (κ2) is 5.67. The summed E-state index contributed by atoms with van der Waals surface area (Å²) in [5.74, 6) is -0.746. The summed E-state index contributed by atoms with van der Waals surface area (Å²) in [6.07, 6.45) is 2.56. The fourth-order valence-corrected chi connectivity index (χ4v) is 2.06. The molecule has 2 N–H and O–H groups in total. The average molecular weight is 351 g/mol. The first-order valence-electron chi connectivity index (χ1n) is 5.06. The highest BCUT2D eigenvalue weighted by molar-refractivity contribution is 14.1. The number of alkyl halides is 1. The van der Waals surface area contributed by atoms with Crippen molar-refractivity contribution in [1.82, 2.24) is 9.97 Å². The topological polar surface area (TPSA) is 95.4 Å². The van der Waals surface area contributed by atoms with E-state index in [4.69, 9.17) is 0 Å². The molecule has 0 saturated heterocycles. The molecule has 0 aliphatic rings. The van der Waals surface area contributed by atoms with E-state index in [9.17, 15) is 14.8 Å². The molecule has 6 nitrogen and oxygen atoms in total. The van der Waals surface area contributed by atoms with E-state index in [1.54, 1.807) is 20.0 Å². The van der Waals surface area contributed by atoms with Gasteiger partial charge in [-0.25, -0.2) is 4.98 Å². The van der Waals surface area contributed by atoms with Crippen molar-refractivity contribution in [3.8, 4) is 0 Å². The minimum Gasteiger partial charge on any atom is -0.392 e. The van der Waals surface area contributed by atoms with Crippen molar-refractivity contribution < 1.29 is 9.90 Å². The zero-order valence-corrected chi connectivity index (χ0v) is 11.7. The van der Waals surface area contributed by atoms with Crippen molar-refractivity contribution in [3.05, 3.63) is 23.1 Å². The lowest BCUT2D eigenvalue weighted by molar-refractivity contribution is -0.127. The lowest BCUT2D eigenvalue weighted by atomic mass is 9.85. The number of nitrogens with zero attached hydrogens (tertiary/aromatic N) is 2. The Labute approximate surface area is 112 Å². The Hall–Kier alpha value is -0.830. The first kappa shape index (κ1) is 14.2. The number of aromatic amines is 1. The van der Waals surface area contributed by atoms with Gasteiger partial charge in [0.15, 0.2) is 0 Å². The van der Waals surface area contributed by atoms with E-state index in [0.29, 0.717) is 0 Å². The molecular formula is C10H14IN3O3. The molecule has 1 aromatic rings. The van der Waals surface area contributed by atoms with Gasteiger partial charge in [0, 0.05) is 11.4 Å². The fourth-order valence-electron chi connectivity index (χ4n) is 1.46. The molecule has 0 spiro atoms. The highest BCUT2D eigenvalue weighted by atomic mass is 127. The number of imidazole rings is 1. The van der Waals surface area contributed by atoms with Crippen LogP contribution in [0.4, 0.5) is 0 Å². The molecule has 1 aromatic heterocycles. The van der Waals surface area contributed by atoms with Gasteiger partial charge in [0.2, 0.25) is 0 Å². The molecule has 17 heavy (non-hydrogen) atoms. The second-order valence-electron chi connectivity index (χ2n) is 4.46. The number of H-pyrrole nitrogens is 1. The van der Waals surface area contributed by atoms with E-state index in [0.717, 1.165) is 5.69 Å². The van der Waals surface area contributed by atoms with Crippen molar-refractivity contribution in [2.75, 3.05) is 0 Å². The number of halogens is 1. The molecule has 0 aliphatic carbocycles. The molecule has 1 heterocycles. The predicted octanol–water partition coefficient (Wildman–Crippen LogP) is 1.96. The van der Waals surface area contributed by atoms with Gasteiger partial charge in [-0.1, -0.05) is 36.4 Å². The number of aromatic nitrogens is 2. The van der Waals surface area contributed by atoms with Crippen LogP contribution in [0.2, 0.25) is 0 Å². The summed E-state index contributed by atoms with van der Waals surface area (Å²) >= 11 is 2.06. The third kappa shape index (κ3) is 3.56. The van der Waals surface area contributed by atoms with Crippen LogP contribution >= 0.6 is 22.6 Å². The molecular weight excluding hydrogens is 337 g/mol. The molecule has 0 saturated carbocycles. The van der Waals surface area contributed by atoms with Gasteiger partial charge in [-0.3, -0.25) is 4.79 Å². The number of carbonyl (C=O) groups is 1. The van der Waals surface area contributed by atoms with Crippen molar-refractivity contribution in [3.63, 3.8) is 0 Å². The summed E-state index contributed by atoms with van der Waals surface area (Å²) in [6, 6.07) is 0. The van der Waals surface area contributed by atoms with Crippen molar-refractivity contribution in [2.45, 2.75) is 30.3 Å². The molecule has 7 heteroatoms. The van der Waals surface area contributed by atoms with Crippen LogP contribution in [-0.4, -0.2) is 27.1 Å². The summed E-state index contributed by atoms with van der Waals surface area (Å²) in [4.78, 5) is 28.3. The maximum Gasteiger partial charge on any atom is 0.291 e. The number of rotatable bonds is 5. The van der Waals surface area contributed by atoms with Crippen molar-refractivity contribution >= 4 is 28.5 Å². The number of nitroso groups, excluding NO2 is 1. The minimum absolute atomic E-state index is 0.171. The van der Waals surface area contributed by atoms with Crippen LogP contribution in [-0.2, 0) is 4.79 Å². The number of hydrogen-bond donors (Lipinski definition) is 2. The molecule has 2 atom stereocenters. The molecule has 0 aliphatic heterocycles. The number of nitrogens with one attached hydrogen (secondary N) is 1.